The maximum Gasteiger partial charge on any atom is 0.324 e. The van der Waals surface area contributed by atoms with Gasteiger partial charge in [-0.05, 0) is 35.9 Å². The minimum Gasteiger partial charge on any atom is -0.308 e. The van der Waals surface area contributed by atoms with Crippen LogP contribution < -0.4 is 10.6 Å². The Hall–Kier alpha value is -3.88. The number of aromatic nitrogens is 5. The number of carbonyl (C=O) groups is 1. The van der Waals surface area contributed by atoms with Crippen molar-refractivity contribution in [3.8, 4) is 16.8 Å². The molecular formula is C27H25Cl2N7O. The Bertz CT molecular complexity index is 1590. The van der Waals surface area contributed by atoms with Crippen molar-refractivity contribution in [2.75, 3.05) is 10.6 Å². The van der Waals surface area contributed by atoms with Crippen LogP contribution in [0.4, 0.5) is 16.3 Å². The SMILES string of the molecule is Cn1ncc2c(-c3ccc(NC(=O)Nc4cc(C(C)(C)C)nn4-c4cc(Cl)cc(Cl)c4)cc3)cncc21. The van der Waals surface area contributed by atoms with Crippen molar-refractivity contribution < 1.29 is 4.79 Å². The molecule has 2 amide bonds. The topological polar surface area (TPSA) is 89.7 Å². The minimum absolute atomic E-state index is 0.234. The number of pyridine rings is 1. The summed E-state index contributed by atoms with van der Waals surface area (Å²) in [5.41, 5.74) is 4.75. The Morgan fingerprint density at radius 2 is 1.62 bits per heavy atom. The van der Waals surface area contributed by atoms with Gasteiger partial charge in [-0.25, -0.2) is 9.48 Å². The van der Waals surface area contributed by atoms with Crippen molar-refractivity contribution in [3.05, 3.63) is 82.9 Å². The third-order valence-corrected chi connectivity index (χ3v) is 6.38. The Labute approximate surface area is 224 Å². The van der Waals surface area contributed by atoms with E-state index in [9.17, 15) is 4.79 Å². The van der Waals surface area contributed by atoms with Crippen molar-refractivity contribution in [1.82, 2.24) is 24.5 Å². The fourth-order valence-corrected chi connectivity index (χ4v) is 4.51. The number of halogens is 2. The molecule has 0 bridgehead atoms. The highest BCUT2D eigenvalue weighted by molar-refractivity contribution is 6.34. The van der Waals surface area contributed by atoms with E-state index in [-0.39, 0.29) is 5.41 Å². The Balaban J connectivity index is 1.38. The molecule has 0 unspecified atom stereocenters. The van der Waals surface area contributed by atoms with E-state index in [0.717, 1.165) is 27.7 Å². The van der Waals surface area contributed by atoms with Gasteiger partial charge in [0.1, 0.15) is 5.82 Å². The predicted molar refractivity (Wildman–Crippen MR) is 149 cm³/mol. The second-order valence-electron chi connectivity index (χ2n) is 9.75. The summed E-state index contributed by atoms with van der Waals surface area (Å²) < 4.78 is 3.42. The van der Waals surface area contributed by atoms with E-state index in [4.69, 9.17) is 28.3 Å². The molecule has 3 heterocycles. The smallest absolute Gasteiger partial charge is 0.308 e. The number of hydrogen-bond donors (Lipinski definition) is 2. The van der Waals surface area contributed by atoms with Gasteiger partial charge in [-0.15, -0.1) is 0 Å². The van der Waals surface area contributed by atoms with Crippen molar-refractivity contribution in [2.24, 2.45) is 7.05 Å². The van der Waals surface area contributed by atoms with Crippen LogP contribution in [0.1, 0.15) is 26.5 Å². The number of urea groups is 1. The third kappa shape index (κ3) is 5.16. The van der Waals surface area contributed by atoms with Crippen molar-refractivity contribution in [3.63, 3.8) is 0 Å². The lowest BCUT2D eigenvalue weighted by molar-refractivity contribution is 0.262. The highest BCUT2D eigenvalue weighted by atomic mass is 35.5. The van der Waals surface area contributed by atoms with E-state index in [2.05, 4.69) is 41.5 Å². The van der Waals surface area contributed by atoms with Gasteiger partial charge < -0.3 is 5.32 Å². The molecule has 0 aliphatic rings. The van der Waals surface area contributed by atoms with Crippen molar-refractivity contribution in [1.29, 1.82) is 0 Å². The summed E-state index contributed by atoms with van der Waals surface area (Å²) >= 11 is 12.4. The van der Waals surface area contributed by atoms with Crippen LogP contribution in [-0.4, -0.2) is 30.6 Å². The standard InChI is InChI=1S/C27H25Cl2N7O/c1-27(2,3)24-12-25(36(34-24)20-10-17(28)9-18(29)11-20)33-26(37)32-19-7-5-16(6-8-19)21-13-30-15-23-22(21)14-31-35(23)4/h5-15H,1-4H3,(H2,32,33,37). The molecule has 0 spiro atoms. The fourth-order valence-electron chi connectivity index (χ4n) is 4.00. The van der Waals surface area contributed by atoms with Crippen LogP contribution in [0.2, 0.25) is 10.0 Å². The van der Waals surface area contributed by atoms with Gasteiger partial charge in [-0.3, -0.25) is 15.0 Å². The predicted octanol–water partition coefficient (Wildman–Crippen LogP) is 7.07. The van der Waals surface area contributed by atoms with E-state index in [0.29, 0.717) is 27.2 Å². The molecule has 0 fully saturated rings. The number of carbonyl (C=O) groups excluding carboxylic acids is 1. The zero-order chi connectivity index (χ0) is 26.3. The van der Waals surface area contributed by atoms with Gasteiger partial charge in [-0.2, -0.15) is 10.2 Å². The summed E-state index contributed by atoms with van der Waals surface area (Å²) in [6, 6.07) is 14.1. The van der Waals surface area contributed by atoms with Crippen LogP contribution in [-0.2, 0) is 12.5 Å². The first-order valence-corrected chi connectivity index (χ1v) is 12.4. The first-order chi connectivity index (χ1) is 17.6. The lowest BCUT2D eigenvalue weighted by atomic mass is 9.92. The molecule has 8 nitrogen and oxygen atoms in total. The number of fused-ring (bicyclic) bond motifs is 1. The van der Waals surface area contributed by atoms with Crippen LogP contribution in [0.5, 0.6) is 0 Å². The van der Waals surface area contributed by atoms with E-state index >= 15 is 0 Å². The van der Waals surface area contributed by atoms with Crippen molar-refractivity contribution in [2.45, 2.75) is 26.2 Å². The normalized spacial score (nSPS) is 11.6. The average Bonchev–Trinajstić information content (AvgIpc) is 3.43. The average molecular weight is 534 g/mol. The summed E-state index contributed by atoms with van der Waals surface area (Å²) in [4.78, 5) is 17.3. The van der Waals surface area contributed by atoms with E-state index < -0.39 is 6.03 Å². The largest absolute Gasteiger partial charge is 0.324 e. The molecule has 188 valence electrons. The van der Waals surface area contributed by atoms with Crippen LogP contribution in [0.25, 0.3) is 27.7 Å². The van der Waals surface area contributed by atoms with Crippen LogP contribution in [0, 0.1) is 0 Å². The number of benzene rings is 2. The molecule has 37 heavy (non-hydrogen) atoms. The quantitative estimate of drug-likeness (QED) is 0.258. The third-order valence-electron chi connectivity index (χ3n) is 5.94. The monoisotopic (exact) mass is 533 g/mol. The second-order valence-corrected chi connectivity index (χ2v) is 10.6. The first-order valence-electron chi connectivity index (χ1n) is 11.6. The van der Waals surface area contributed by atoms with Crippen LogP contribution in [0.15, 0.2) is 67.1 Å². The zero-order valence-electron chi connectivity index (χ0n) is 20.8. The number of amides is 2. The summed E-state index contributed by atoms with van der Waals surface area (Å²) in [6.45, 7) is 6.16. The fraction of sp³-hybridized carbons (Fsp3) is 0.185. The number of rotatable bonds is 4. The molecule has 2 aromatic carbocycles. The Morgan fingerprint density at radius 3 is 2.30 bits per heavy atom. The first kappa shape index (κ1) is 24.8. The molecule has 3 aromatic heterocycles. The number of anilines is 2. The summed E-state index contributed by atoms with van der Waals surface area (Å²) in [7, 11) is 1.89. The Morgan fingerprint density at radius 1 is 0.919 bits per heavy atom. The highest BCUT2D eigenvalue weighted by Gasteiger charge is 2.22. The summed E-state index contributed by atoms with van der Waals surface area (Å²) in [5, 5.41) is 16.8. The maximum absolute atomic E-state index is 13.0. The second kappa shape index (κ2) is 9.53. The van der Waals surface area contributed by atoms with E-state index in [1.807, 2.05) is 49.8 Å². The molecule has 0 aliphatic carbocycles. The van der Waals surface area contributed by atoms with Gasteiger partial charge in [0.25, 0.3) is 0 Å². The zero-order valence-corrected chi connectivity index (χ0v) is 22.3. The molecule has 0 saturated heterocycles. The molecule has 0 atom stereocenters. The van der Waals surface area contributed by atoms with E-state index in [1.165, 1.54) is 0 Å². The molecule has 0 saturated carbocycles. The molecule has 0 aliphatic heterocycles. The molecule has 0 radical (unpaired) electrons. The summed E-state index contributed by atoms with van der Waals surface area (Å²) in [6.07, 6.45) is 5.43. The molecule has 10 heteroatoms. The number of nitrogens with zero attached hydrogens (tertiary/aromatic N) is 5. The van der Waals surface area contributed by atoms with Gasteiger partial charge in [0.2, 0.25) is 0 Å². The summed E-state index contributed by atoms with van der Waals surface area (Å²) in [5.74, 6) is 0.492. The van der Waals surface area contributed by atoms with Gasteiger partial charge in [0, 0.05) is 51.4 Å². The van der Waals surface area contributed by atoms with E-state index in [1.54, 1.807) is 33.8 Å². The van der Waals surface area contributed by atoms with Gasteiger partial charge in [0.05, 0.1) is 29.3 Å². The number of aryl methyl sites for hydroxylation is 1. The molecular weight excluding hydrogens is 509 g/mol. The molecule has 5 rings (SSSR count). The van der Waals surface area contributed by atoms with Crippen LogP contribution in [0.3, 0.4) is 0 Å². The lowest BCUT2D eigenvalue weighted by Crippen LogP contribution is -2.21. The lowest BCUT2D eigenvalue weighted by Gasteiger charge is -2.14. The molecule has 5 aromatic rings. The van der Waals surface area contributed by atoms with Gasteiger partial charge in [0.15, 0.2) is 0 Å². The van der Waals surface area contributed by atoms with Gasteiger partial charge >= 0.3 is 6.03 Å². The van der Waals surface area contributed by atoms with Gasteiger partial charge in [-0.1, -0.05) is 56.1 Å². The highest BCUT2D eigenvalue weighted by Crippen LogP contribution is 2.30. The maximum atomic E-state index is 13.0. The van der Waals surface area contributed by atoms with Crippen molar-refractivity contribution >= 4 is 51.6 Å². The number of nitrogens with one attached hydrogen (secondary N) is 2. The Kier molecular flexibility index (Phi) is 6.39. The molecule has 2 N–H and O–H groups in total. The van der Waals surface area contributed by atoms with Crippen LogP contribution >= 0.6 is 23.2 Å². The number of hydrogen-bond acceptors (Lipinski definition) is 4. The minimum atomic E-state index is -0.404.